The fourth-order valence-electron chi connectivity index (χ4n) is 0.613. The van der Waals surface area contributed by atoms with Crippen molar-refractivity contribution in [3.63, 3.8) is 0 Å². The first-order chi connectivity index (χ1) is 10.7. The highest BCUT2D eigenvalue weighted by Crippen LogP contribution is 1.88. The van der Waals surface area contributed by atoms with E-state index in [2.05, 4.69) is 13.0 Å². The maximum Gasteiger partial charge on any atom is 0.0908 e. The quantitative estimate of drug-likeness (QED) is 0.500. The second-order valence-corrected chi connectivity index (χ2v) is 3.74. The van der Waals surface area contributed by atoms with Crippen LogP contribution in [0.3, 0.4) is 0 Å². The first-order valence-electron chi connectivity index (χ1n) is 7.45. The number of nitriles is 4. The van der Waals surface area contributed by atoms with Crippen LogP contribution in [-0.4, -0.2) is 0 Å². The molecule has 4 heteroatoms. The first kappa shape index (κ1) is 27.7. The number of allylic oxidation sites excluding steroid dienone is 4. The van der Waals surface area contributed by atoms with Gasteiger partial charge in [0.05, 0.1) is 24.3 Å². The summed E-state index contributed by atoms with van der Waals surface area (Å²) in [6, 6.07) is 7.81. The van der Waals surface area contributed by atoms with Crippen molar-refractivity contribution in [1.29, 1.82) is 21.0 Å². The Kier molecular flexibility index (Phi) is 54.0. The normalized spacial score (nSPS) is 7.64. The summed E-state index contributed by atoms with van der Waals surface area (Å²) in [7, 11) is 0. The highest BCUT2D eigenvalue weighted by molar-refractivity contribution is 5.00. The van der Waals surface area contributed by atoms with E-state index in [9.17, 15) is 0 Å². The number of unbranched alkanes of at least 4 members (excludes halogenated alkanes) is 3. The maximum atomic E-state index is 7.95. The van der Waals surface area contributed by atoms with Crippen LogP contribution in [0.1, 0.15) is 66.2 Å². The topological polar surface area (TPSA) is 95.2 Å². The predicted octanol–water partition coefficient (Wildman–Crippen LogP) is 5.57. The van der Waals surface area contributed by atoms with Gasteiger partial charge in [0.15, 0.2) is 0 Å². The fraction of sp³-hybridized carbons (Fsp3) is 0.556. The van der Waals surface area contributed by atoms with Crippen molar-refractivity contribution in [2.45, 2.75) is 66.2 Å². The summed E-state index contributed by atoms with van der Waals surface area (Å²) in [6.45, 7) is 7.87. The van der Waals surface area contributed by atoms with E-state index < -0.39 is 0 Å². The third-order valence-electron chi connectivity index (χ3n) is 1.67. The number of rotatable bonds is 4. The molecule has 0 bridgehead atoms. The van der Waals surface area contributed by atoms with Gasteiger partial charge in [-0.25, -0.2) is 0 Å². The van der Waals surface area contributed by atoms with Crippen LogP contribution in [0, 0.1) is 45.3 Å². The first-order valence-corrected chi connectivity index (χ1v) is 7.45. The molecule has 0 N–H and O–H groups in total. The molecule has 0 heterocycles. The summed E-state index contributed by atoms with van der Waals surface area (Å²) in [6.07, 6.45) is 12.0. The van der Waals surface area contributed by atoms with Crippen molar-refractivity contribution in [1.82, 2.24) is 0 Å². The third-order valence-corrected chi connectivity index (χ3v) is 1.67. The maximum absolute atomic E-state index is 7.95. The second-order valence-electron chi connectivity index (χ2n) is 3.74. The van der Waals surface area contributed by atoms with Gasteiger partial charge in [0.25, 0.3) is 0 Å². The molecule has 0 saturated carbocycles. The molecule has 120 valence electrons. The molecule has 0 spiro atoms. The van der Waals surface area contributed by atoms with Gasteiger partial charge in [-0.3, -0.25) is 0 Å². The van der Waals surface area contributed by atoms with Gasteiger partial charge in [0, 0.05) is 25.0 Å². The lowest BCUT2D eigenvalue weighted by Gasteiger charge is -1.77. The average molecular weight is 300 g/mol. The molecule has 0 aliphatic heterocycles. The Morgan fingerprint density at radius 3 is 1.41 bits per heavy atom. The SMILES string of the molecule is C/C=C/C#N.CC/C=C\C#N.CCCC#N.CCCCC#N. The van der Waals surface area contributed by atoms with E-state index in [1.165, 1.54) is 12.2 Å². The van der Waals surface area contributed by atoms with Gasteiger partial charge in [0.2, 0.25) is 0 Å². The van der Waals surface area contributed by atoms with Crippen molar-refractivity contribution in [2.24, 2.45) is 0 Å². The molecule has 0 aromatic heterocycles. The Bertz CT molecular complexity index is 395. The summed E-state index contributed by atoms with van der Waals surface area (Å²) < 4.78 is 0. The van der Waals surface area contributed by atoms with Crippen LogP contribution in [0.25, 0.3) is 0 Å². The molecule has 0 amide bonds. The Hall–Kier alpha value is -2.56. The van der Waals surface area contributed by atoms with Gasteiger partial charge >= 0.3 is 0 Å². The minimum atomic E-state index is 0.694. The smallest absolute Gasteiger partial charge is 0.0908 e. The van der Waals surface area contributed by atoms with E-state index in [1.807, 2.05) is 45.1 Å². The zero-order chi connectivity index (χ0) is 17.9. The Labute approximate surface area is 136 Å². The molecule has 0 fully saturated rings. The molecule has 0 radical (unpaired) electrons. The van der Waals surface area contributed by atoms with Crippen molar-refractivity contribution < 1.29 is 0 Å². The van der Waals surface area contributed by atoms with Crippen LogP contribution in [0.5, 0.6) is 0 Å². The van der Waals surface area contributed by atoms with E-state index in [0.717, 1.165) is 32.1 Å². The molecule has 0 saturated heterocycles. The minimum absolute atomic E-state index is 0.694. The molecule has 0 unspecified atom stereocenters. The zero-order valence-electron chi connectivity index (χ0n) is 14.3. The predicted molar refractivity (Wildman–Crippen MR) is 91.1 cm³/mol. The Morgan fingerprint density at radius 2 is 1.32 bits per heavy atom. The second kappa shape index (κ2) is 42.9. The zero-order valence-corrected chi connectivity index (χ0v) is 14.3. The van der Waals surface area contributed by atoms with Gasteiger partial charge in [0.1, 0.15) is 0 Å². The lowest BCUT2D eigenvalue weighted by molar-refractivity contribution is 0.822. The van der Waals surface area contributed by atoms with Gasteiger partial charge < -0.3 is 0 Å². The van der Waals surface area contributed by atoms with Crippen molar-refractivity contribution in [2.75, 3.05) is 0 Å². The molecule has 0 atom stereocenters. The van der Waals surface area contributed by atoms with E-state index in [0.29, 0.717) is 6.42 Å². The third kappa shape index (κ3) is 85.2. The van der Waals surface area contributed by atoms with Gasteiger partial charge in [-0.1, -0.05) is 39.3 Å². The van der Waals surface area contributed by atoms with Crippen LogP contribution in [0.15, 0.2) is 24.3 Å². The van der Waals surface area contributed by atoms with Crippen molar-refractivity contribution in [3.8, 4) is 24.3 Å². The van der Waals surface area contributed by atoms with E-state index >= 15 is 0 Å². The largest absolute Gasteiger partial charge is 0.198 e. The molecule has 22 heavy (non-hydrogen) atoms. The molecular formula is C18H28N4. The molecule has 0 rings (SSSR count). The highest BCUT2D eigenvalue weighted by atomic mass is 14.2. The lowest BCUT2D eigenvalue weighted by Crippen LogP contribution is -1.62. The van der Waals surface area contributed by atoms with Crippen LogP contribution in [0.2, 0.25) is 0 Å². The monoisotopic (exact) mass is 300 g/mol. The van der Waals surface area contributed by atoms with Crippen LogP contribution < -0.4 is 0 Å². The van der Waals surface area contributed by atoms with Crippen molar-refractivity contribution in [3.05, 3.63) is 24.3 Å². The minimum Gasteiger partial charge on any atom is -0.198 e. The van der Waals surface area contributed by atoms with Crippen molar-refractivity contribution >= 4 is 0 Å². The molecule has 4 nitrogen and oxygen atoms in total. The van der Waals surface area contributed by atoms with Crippen LogP contribution in [0.4, 0.5) is 0 Å². The number of hydrogen-bond acceptors (Lipinski definition) is 4. The van der Waals surface area contributed by atoms with Crippen LogP contribution >= 0.6 is 0 Å². The van der Waals surface area contributed by atoms with Crippen LogP contribution in [-0.2, 0) is 0 Å². The Balaban J connectivity index is -0.0000000986. The molecule has 0 aliphatic rings. The molecule has 0 aliphatic carbocycles. The molecule has 0 aromatic rings. The fourth-order valence-corrected chi connectivity index (χ4v) is 0.613. The summed E-state index contributed by atoms with van der Waals surface area (Å²) in [5.41, 5.74) is 0. The average Bonchev–Trinajstić information content (AvgIpc) is 2.54. The van der Waals surface area contributed by atoms with Gasteiger partial charge in [-0.05, 0) is 26.2 Å². The highest BCUT2D eigenvalue weighted by Gasteiger charge is 1.74. The van der Waals surface area contributed by atoms with Gasteiger partial charge in [-0.15, -0.1) is 0 Å². The summed E-state index contributed by atoms with van der Waals surface area (Å²) >= 11 is 0. The van der Waals surface area contributed by atoms with E-state index in [4.69, 9.17) is 21.0 Å². The number of hydrogen-bond donors (Lipinski definition) is 0. The summed E-state index contributed by atoms with van der Waals surface area (Å²) in [5, 5.41) is 31.4. The summed E-state index contributed by atoms with van der Waals surface area (Å²) in [4.78, 5) is 0. The molecule has 0 aromatic carbocycles. The van der Waals surface area contributed by atoms with E-state index in [-0.39, 0.29) is 0 Å². The standard InChI is InChI=1S/C5H9N.C5H7N.C4H7N.C4H5N/c2*1-2-3-4-5-6;2*1-2-3-4-5/h2-4H2,1H3;3-4H,2H2,1H3;2-3H2,1H3;2-3H,1H3/b;4-3-;;3-2+. The van der Waals surface area contributed by atoms with Gasteiger partial charge in [-0.2, -0.15) is 21.0 Å². The molecular weight excluding hydrogens is 272 g/mol. The number of nitrogens with zero attached hydrogens (tertiary/aromatic N) is 4. The Morgan fingerprint density at radius 1 is 0.773 bits per heavy atom. The lowest BCUT2D eigenvalue weighted by atomic mass is 10.3. The summed E-state index contributed by atoms with van der Waals surface area (Å²) in [5.74, 6) is 0. The van der Waals surface area contributed by atoms with E-state index in [1.54, 1.807) is 6.08 Å².